The Labute approximate surface area is 89.5 Å². The highest BCUT2D eigenvalue weighted by Crippen LogP contribution is 2.35. The van der Waals surface area contributed by atoms with Gasteiger partial charge in [-0.25, -0.2) is 0 Å². The summed E-state index contributed by atoms with van der Waals surface area (Å²) in [5.41, 5.74) is 0. The molecule has 1 aromatic heterocycles. The van der Waals surface area contributed by atoms with E-state index in [1.807, 2.05) is 0 Å². The molecule has 0 bridgehead atoms. The molecule has 1 heterocycles. The van der Waals surface area contributed by atoms with Crippen molar-refractivity contribution < 1.29 is 22.8 Å². The second-order valence-electron chi connectivity index (χ2n) is 3.99. The van der Waals surface area contributed by atoms with Crippen LogP contribution in [0.5, 0.6) is 0 Å². The van der Waals surface area contributed by atoms with Crippen LogP contribution < -0.4 is 0 Å². The number of aliphatic hydroxyl groups excluding tert-OH is 1. The van der Waals surface area contributed by atoms with Crippen molar-refractivity contribution in [1.29, 1.82) is 0 Å². The molecule has 1 N–H and O–H groups in total. The molecule has 0 unspecified atom stereocenters. The summed E-state index contributed by atoms with van der Waals surface area (Å²) in [5.74, 6) is 0.415. The fraction of sp³-hybridized carbons (Fsp3) is 0.778. The molecule has 90 valence electrons. The molecule has 2 rings (SSSR count). The molecule has 0 aromatic carbocycles. The van der Waals surface area contributed by atoms with Gasteiger partial charge in [-0.15, -0.1) is 0 Å². The van der Waals surface area contributed by atoms with Crippen LogP contribution in [0, 0.1) is 0 Å². The lowest BCUT2D eigenvalue weighted by atomic mass is 9.82. The molecule has 0 saturated heterocycles. The van der Waals surface area contributed by atoms with Gasteiger partial charge in [-0.1, -0.05) is 5.16 Å². The Kier molecular flexibility index (Phi) is 2.88. The number of rotatable bonds is 3. The van der Waals surface area contributed by atoms with Crippen molar-refractivity contribution in [3.8, 4) is 0 Å². The number of hydrogen-bond donors (Lipinski definition) is 1. The molecule has 0 atom stereocenters. The second kappa shape index (κ2) is 4.04. The monoisotopic (exact) mass is 236 g/mol. The number of alkyl halides is 3. The molecule has 1 saturated carbocycles. The predicted octanol–water partition coefficient (Wildman–Crippen LogP) is 1.80. The highest BCUT2D eigenvalue weighted by molar-refractivity contribution is 5.01. The lowest BCUT2D eigenvalue weighted by molar-refractivity contribution is -0.134. The van der Waals surface area contributed by atoms with E-state index in [0.29, 0.717) is 18.7 Å². The first-order valence-electron chi connectivity index (χ1n) is 5.01. The van der Waals surface area contributed by atoms with Gasteiger partial charge >= 0.3 is 6.18 Å². The van der Waals surface area contributed by atoms with Crippen LogP contribution in [-0.4, -0.2) is 27.5 Å². The summed E-state index contributed by atoms with van der Waals surface area (Å²) in [5, 5.41) is 12.5. The van der Waals surface area contributed by atoms with Crippen molar-refractivity contribution in [3.05, 3.63) is 11.7 Å². The van der Waals surface area contributed by atoms with Gasteiger partial charge in [0.1, 0.15) is 0 Å². The summed E-state index contributed by atoms with van der Waals surface area (Å²) in [6, 6.07) is 0. The molecule has 1 aliphatic carbocycles. The van der Waals surface area contributed by atoms with Gasteiger partial charge in [0.2, 0.25) is 5.89 Å². The molecule has 16 heavy (non-hydrogen) atoms. The van der Waals surface area contributed by atoms with Crippen LogP contribution in [0.3, 0.4) is 0 Å². The van der Waals surface area contributed by atoms with E-state index in [0.717, 1.165) is 0 Å². The van der Waals surface area contributed by atoms with Crippen LogP contribution in [0.25, 0.3) is 0 Å². The average Bonchev–Trinajstić information content (AvgIpc) is 2.56. The molecule has 0 amide bonds. The van der Waals surface area contributed by atoms with E-state index >= 15 is 0 Å². The largest absolute Gasteiger partial charge is 0.393 e. The SMILES string of the molecule is OC1CC(c2nc(CCC(F)(F)F)no2)C1. The molecule has 0 radical (unpaired) electrons. The normalized spacial score (nSPS) is 25.5. The van der Waals surface area contributed by atoms with E-state index in [2.05, 4.69) is 10.1 Å². The summed E-state index contributed by atoms with van der Waals surface area (Å²) in [6.45, 7) is 0. The topological polar surface area (TPSA) is 59.2 Å². The Balaban J connectivity index is 1.88. The Bertz CT molecular complexity index is 358. The number of aliphatic hydroxyl groups is 1. The Morgan fingerprint density at radius 3 is 2.62 bits per heavy atom. The number of aryl methyl sites for hydroxylation is 1. The fourth-order valence-corrected chi connectivity index (χ4v) is 1.58. The molecule has 0 aliphatic heterocycles. The molecule has 4 nitrogen and oxygen atoms in total. The molecule has 0 spiro atoms. The Morgan fingerprint density at radius 1 is 1.38 bits per heavy atom. The van der Waals surface area contributed by atoms with Gasteiger partial charge < -0.3 is 9.63 Å². The minimum Gasteiger partial charge on any atom is -0.393 e. The third-order valence-corrected chi connectivity index (χ3v) is 2.58. The highest BCUT2D eigenvalue weighted by Gasteiger charge is 2.33. The number of nitrogens with zero attached hydrogens (tertiary/aromatic N) is 2. The van der Waals surface area contributed by atoms with E-state index in [1.54, 1.807) is 0 Å². The third kappa shape index (κ3) is 2.72. The minimum atomic E-state index is -4.20. The van der Waals surface area contributed by atoms with Crippen molar-refractivity contribution in [1.82, 2.24) is 10.1 Å². The maximum Gasteiger partial charge on any atom is 0.389 e. The van der Waals surface area contributed by atoms with Crippen LogP contribution in [0.2, 0.25) is 0 Å². The first kappa shape index (κ1) is 11.4. The number of aromatic nitrogens is 2. The van der Waals surface area contributed by atoms with Crippen LogP contribution in [0.4, 0.5) is 13.2 Å². The van der Waals surface area contributed by atoms with E-state index < -0.39 is 12.6 Å². The maximum absolute atomic E-state index is 11.9. The highest BCUT2D eigenvalue weighted by atomic mass is 19.4. The molecule has 1 aliphatic rings. The van der Waals surface area contributed by atoms with Gasteiger partial charge in [-0.3, -0.25) is 0 Å². The minimum absolute atomic E-state index is 0.00198. The summed E-state index contributed by atoms with van der Waals surface area (Å²) in [7, 11) is 0. The first-order chi connectivity index (χ1) is 7.44. The smallest absolute Gasteiger partial charge is 0.389 e. The maximum atomic E-state index is 11.9. The molecular formula is C9H11F3N2O2. The molecule has 1 fully saturated rings. The van der Waals surface area contributed by atoms with Crippen LogP contribution in [0.1, 0.15) is 36.9 Å². The van der Waals surface area contributed by atoms with Crippen molar-refractivity contribution in [2.75, 3.05) is 0 Å². The number of halogens is 3. The summed E-state index contributed by atoms with van der Waals surface area (Å²) >= 11 is 0. The lowest BCUT2D eigenvalue weighted by Crippen LogP contribution is -2.26. The zero-order chi connectivity index (χ0) is 11.8. The molecular weight excluding hydrogens is 225 g/mol. The quantitative estimate of drug-likeness (QED) is 0.869. The van der Waals surface area contributed by atoms with Crippen LogP contribution in [0.15, 0.2) is 4.52 Å². The van der Waals surface area contributed by atoms with Gasteiger partial charge in [-0.2, -0.15) is 18.2 Å². The Morgan fingerprint density at radius 2 is 2.06 bits per heavy atom. The average molecular weight is 236 g/mol. The van der Waals surface area contributed by atoms with Gasteiger partial charge in [0, 0.05) is 12.3 Å². The first-order valence-corrected chi connectivity index (χ1v) is 5.01. The zero-order valence-corrected chi connectivity index (χ0v) is 8.37. The summed E-state index contributed by atoms with van der Waals surface area (Å²) < 4.78 is 40.6. The number of hydrogen-bond acceptors (Lipinski definition) is 4. The summed E-state index contributed by atoms with van der Waals surface area (Å²) in [6.07, 6.45) is -4.67. The van der Waals surface area contributed by atoms with E-state index in [4.69, 9.17) is 9.63 Å². The lowest BCUT2D eigenvalue weighted by Gasteiger charge is -2.27. The van der Waals surface area contributed by atoms with Crippen LogP contribution >= 0.6 is 0 Å². The fourth-order valence-electron chi connectivity index (χ4n) is 1.58. The predicted molar refractivity (Wildman–Crippen MR) is 46.7 cm³/mol. The summed E-state index contributed by atoms with van der Waals surface area (Å²) in [4.78, 5) is 3.88. The molecule has 7 heteroatoms. The zero-order valence-electron chi connectivity index (χ0n) is 8.37. The van der Waals surface area contributed by atoms with Gasteiger partial charge in [-0.05, 0) is 12.8 Å². The van der Waals surface area contributed by atoms with Gasteiger partial charge in [0.25, 0.3) is 0 Å². The van der Waals surface area contributed by atoms with Crippen LogP contribution in [-0.2, 0) is 6.42 Å². The van der Waals surface area contributed by atoms with Crippen molar-refractivity contribution >= 4 is 0 Å². The van der Waals surface area contributed by atoms with E-state index in [-0.39, 0.29) is 24.3 Å². The van der Waals surface area contributed by atoms with Crippen molar-refractivity contribution in [3.63, 3.8) is 0 Å². The Hall–Kier alpha value is -1.11. The van der Waals surface area contributed by atoms with E-state index in [9.17, 15) is 13.2 Å². The van der Waals surface area contributed by atoms with Gasteiger partial charge in [0.15, 0.2) is 5.82 Å². The molecule has 1 aromatic rings. The second-order valence-corrected chi connectivity index (χ2v) is 3.99. The van der Waals surface area contributed by atoms with Crippen molar-refractivity contribution in [2.45, 2.75) is 43.9 Å². The van der Waals surface area contributed by atoms with Gasteiger partial charge in [0.05, 0.1) is 12.5 Å². The standard InChI is InChI=1S/C9H11F3N2O2/c10-9(11,12)2-1-7-13-8(16-14-7)5-3-6(15)4-5/h5-6,15H,1-4H2. The van der Waals surface area contributed by atoms with E-state index in [1.165, 1.54) is 0 Å². The van der Waals surface area contributed by atoms with Crippen molar-refractivity contribution in [2.24, 2.45) is 0 Å². The third-order valence-electron chi connectivity index (χ3n) is 2.58.